The van der Waals surface area contributed by atoms with Gasteiger partial charge in [-0.1, -0.05) is 48.5 Å². The number of carbonyl (C=O) groups excluding carboxylic acids is 2. The van der Waals surface area contributed by atoms with Crippen molar-refractivity contribution in [2.24, 2.45) is 0 Å². The minimum atomic E-state index is -0.309. The summed E-state index contributed by atoms with van der Waals surface area (Å²) in [5.41, 5.74) is 9.47. The molecule has 6 heterocycles. The molecule has 0 saturated carbocycles. The number of hydrogen-bond donors (Lipinski definition) is 0. The molecule has 0 saturated heterocycles. The highest BCUT2D eigenvalue weighted by molar-refractivity contribution is 7.28. The van der Waals surface area contributed by atoms with Crippen LogP contribution >= 0.6 is 68.0 Å². The maximum atomic E-state index is 12.1. The number of esters is 2. The molecule has 0 aliphatic carbocycles. The molecule has 5 nitrogen and oxygen atoms in total. The Bertz CT molecular complexity index is 3120. The largest absolute Gasteiger partial charge is 0.466 e. The Morgan fingerprint density at radius 1 is 0.550 bits per heavy atom. The zero-order valence-electron chi connectivity index (χ0n) is 33.5. The molecule has 3 aromatic carbocycles. The third-order valence-electron chi connectivity index (χ3n) is 10.4. The average molecular weight is 896 g/mol. The molecule has 0 unspecified atom stereocenters. The Morgan fingerprint density at radius 2 is 1.08 bits per heavy atom. The van der Waals surface area contributed by atoms with E-state index in [2.05, 4.69) is 117 Å². The lowest BCUT2D eigenvalue weighted by Gasteiger charge is -2.14. The van der Waals surface area contributed by atoms with Gasteiger partial charge in [-0.3, -0.25) is 0 Å². The second-order valence-corrected chi connectivity index (χ2v) is 20.8. The predicted molar refractivity (Wildman–Crippen MR) is 258 cm³/mol. The first-order chi connectivity index (χ1) is 29.1. The zero-order valence-corrected chi connectivity index (χ0v) is 38.4. The summed E-state index contributed by atoms with van der Waals surface area (Å²) in [7, 11) is 2.83. The van der Waals surface area contributed by atoms with Gasteiger partial charge in [-0.25, -0.2) is 14.6 Å². The second-order valence-electron chi connectivity index (χ2n) is 14.3. The maximum Gasteiger partial charge on any atom is 0.334 e. The van der Waals surface area contributed by atoms with Crippen molar-refractivity contribution < 1.29 is 19.1 Å². The van der Waals surface area contributed by atoms with Gasteiger partial charge in [0.2, 0.25) is 0 Å². The Morgan fingerprint density at radius 3 is 1.65 bits per heavy atom. The number of rotatable bonds is 8. The molecule has 0 aliphatic heterocycles. The molecular weight excluding hydrogens is 859 g/mol. The molecule has 11 heteroatoms. The summed E-state index contributed by atoms with van der Waals surface area (Å²) in [4.78, 5) is 35.6. The number of benzene rings is 3. The highest BCUT2D eigenvalue weighted by Gasteiger charge is 2.25. The van der Waals surface area contributed by atoms with E-state index < -0.39 is 0 Å². The topological polar surface area (TPSA) is 65.5 Å². The fourth-order valence-electron chi connectivity index (χ4n) is 7.26. The Kier molecular flexibility index (Phi) is 11.1. The number of fused-ring (bicyclic) bond motifs is 2. The molecule has 6 aromatic heterocycles. The van der Waals surface area contributed by atoms with Gasteiger partial charge in [0, 0.05) is 58.9 Å². The first-order valence-electron chi connectivity index (χ1n) is 19.1. The highest BCUT2D eigenvalue weighted by Crippen LogP contribution is 2.52. The molecule has 60 heavy (non-hydrogen) atoms. The van der Waals surface area contributed by atoms with Crippen molar-refractivity contribution in [1.29, 1.82) is 0 Å². The van der Waals surface area contributed by atoms with Crippen LogP contribution in [0.25, 0.3) is 85.5 Å². The third-order valence-corrected chi connectivity index (χ3v) is 17.4. The Hall–Kier alpha value is -5.27. The molecule has 0 radical (unpaired) electrons. The predicted octanol–water partition coefficient (Wildman–Crippen LogP) is 11.4. The van der Waals surface area contributed by atoms with E-state index in [1.807, 2.05) is 23.5 Å². The van der Waals surface area contributed by atoms with Gasteiger partial charge in [0.25, 0.3) is 0 Å². The van der Waals surface area contributed by atoms with Gasteiger partial charge in [-0.05, 0) is 117 Å². The molecule has 0 fully saturated rings. The van der Waals surface area contributed by atoms with Gasteiger partial charge in [0.15, 0.2) is 0 Å². The monoisotopic (exact) mass is 895 g/mol. The third kappa shape index (κ3) is 7.55. The van der Waals surface area contributed by atoms with Crippen LogP contribution in [0.15, 0.2) is 103 Å². The molecule has 0 aliphatic rings. The number of nitrogens with zero attached hydrogens (tertiary/aromatic N) is 1. The van der Waals surface area contributed by atoms with Crippen molar-refractivity contribution in [2.75, 3.05) is 14.2 Å². The van der Waals surface area contributed by atoms with E-state index in [0.29, 0.717) is 11.1 Å². The van der Waals surface area contributed by atoms with E-state index in [9.17, 15) is 9.59 Å². The van der Waals surface area contributed by atoms with E-state index in [4.69, 9.17) is 14.5 Å². The normalized spacial score (nSPS) is 13.4. The number of methoxy groups -OCH3 is 2. The maximum absolute atomic E-state index is 12.1. The summed E-state index contributed by atoms with van der Waals surface area (Å²) in [6, 6.07) is 36.5. The lowest BCUT2D eigenvalue weighted by Crippen LogP contribution is -2.09. The van der Waals surface area contributed by atoms with Crippen LogP contribution in [0, 0.1) is 13.8 Å². The van der Waals surface area contributed by atoms with Crippen LogP contribution < -0.4 is 18.1 Å². The van der Waals surface area contributed by atoms with Gasteiger partial charge >= 0.3 is 11.9 Å². The molecule has 0 N–H and O–H groups in total. The standard InChI is InChI=1S/C49H37NO4S6/c1-26-11-7-9-13-34(26)42-36-25-41(39-21-17-32(57-39)23-30-15-19-37(55-30)28(3)48(51)53-5)59-45(36)43(35-14-10-8-12-27(35)2)44-46(42)60-47(50-44)40-22-18-33(58-40)24-31-16-20-38(56-31)29(4)49(52)54-6/h7-25H,1-6H3/b30-23-,31-24-,37-28+,38-29-. The van der Waals surface area contributed by atoms with Gasteiger partial charge in [-0.2, -0.15) is 0 Å². The summed E-state index contributed by atoms with van der Waals surface area (Å²) in [6.07, 6.45) is 4.36. The number of hydrogen-bond acceptors (Lipinski definition) is 11. The first kappa shape index (κ1) is 40.2. The molecular formula is C49H37NO4S6. The van der Waals surface area contributed by atoms with Crippen molar-refractivity contribution in [3.05, 3.63) is 142 Å². The lowest BCUT2D eigenvalue weighted by atomic mass is 9.92. The molecule has 9 rings (SSSR count). The van der Waals surface area contributed by atoms with E-state index in [-0.39, 0.29) is 11.9 Å². The Balaban J connectivity index is 1.21. The molecule has 0 spiro atoms. The lowest BCUT2D eigenvalue weighted by molar-refractivity contribution is -0.134. The van der Waals surface area contributed by atoms with Crippen molar-refractivity contribution in [3.63, 3.8) is 0 Å². The van der Waals surface area contributed by atoms with E-state index in [0.717, 1.165) is 43.3 Å². The fourth-order valence-corrected chi connectivity index (χ4v) is 13.7. The highest BCUT2D eigenvalue weighted by atomic mass is 32.1. The van der Waals surface area contributed by atoms with Gasteiger partial charge in [0.1, 0.15) is 5.01 Å². The number of thiazole rings is 1. The van der Waals surface area contributed by atoms with Crippen LogP contribution in [0.2, 0.25) is 0 Å². The van der Waals surface area contributed by atoms with Crippen LogP contribution in [0.1, 0.15) is 34.7 Å². The summed E-state index contributed by atoms with van der Waals surface area (Å²) in [5.74, 6) is -0.614. The average Bonchev–Trinajstić information content (AvgIpc) is 4.12. The smallest absolute Gasteiger partial charge is 0.334 e. The molecule has 0 atom stereocenters. The SMILES string of the molecule is COC(=O)/C(C)=c1/cc/c(=C/c2ccc(-c3nc4c(-c5ccccc5C)c5sc(-c6ccc(/C=c7/cc/c(=C(/C)C(=O)OC)s7)s6)cc5c(-c5ccccc5C)c4s3)s2)s1. The van der Waals surface area contributed by atoms with Crippen LogP contribution in [-0.2, 0) is 19.1 Å². The quantitative estimate of drug-likeness (QED) is 0.142. The Labute approximate surface area is 370 Å². The molecule has 0 amide bonds. The molecule has 298 valence electrons. The van der Waals surface area contributed by atoms with Crippen molar-refractivity contribution in [1.82, 2.24) is 4.98 Å². The second kappa shape index (κ2) is 16.6. The number of aromatic nitrogens is 1. The minimum Gasteiger partial charge on any atom is -0.466 e. The number of ether oxygens (including phenoxy) is 2. The minimum absolute atomic E-state index is 0.305. The van der Waals surface area contributed by atoms with Gasteiger partial charge in [0.05, 0.1) is 40.5 Å². The van der Waals surface area contributed by atoms with E-state index in [1.165, 1.54) is 72.1 Å². The molecule has 9 aromatic rings. The van der Waals surface area contributed by atoms with Gasteiger partial charge < -0.3 is 9.47 Å². The molecule has 0 bridgehead atoms. The van der Waals surface area contributed by atoms with Crippen molar-refractivity contribution in [3.8, 4) is 41.9 Å². The van der Waals surface area contributed by atoms with Crippen LogP contribution in [0.4, 0.5) is 0 Å². The summed E-state index contributed by atoms with van der Waals surface area (Å²) in [5, 5.41) is 2.22. The van der Waals surface area contributed by atoms with E-state index in [1.54, 1.807) is 70.5 Å². The van der Waals surface area contributed by atoms with Crippen LogP contribution in [-0.4, -0.2) is 31.1 Å². The van der Waals surface area contributed by atoms with Crippen molar-refractivity contribution >= 4 is 124 Å². The summed E-state index contributed by atoms with van der Waals surface area (Å²) in [6.45, 7) is 7.99. The first-order valence-corrected chi connectivity index (χ1v) is 24.0. The fraction of sp³-hybridized carbons (Fsp3) is 0.122. The summed E-state index contributed by atoms with van der Waals surface area (Å²) >= 11 is 10.3. The number of carbonyl (C=O) groups is 2. The van der Waals surface area contributed by atoms with Crippen LogP contribution in [0.3, 0.4) is 0 Å². The number of aryl methyl sites for hydroxylation is 2. The zero-order chi connectivity index (χ0) is 41.7. The van der Waals surface area contributed by atoms with Crippen LogP contribution in [0.5, 0.6) is 0 Å². The van der Waals surface area contributed by atoms with Crippen molar-refractivity contribution in [2.45, 2.75) is 27.7 Å². The summed E-state index contributed by atoms with van der Waals surface area (Å²) < 4.78 is 16.3. The van der Waals surface area contributed by atoms with E-state index >= 15 is 0 Å². The number of thiophene rings is 5. The van der Waals surface area contributed by atoms with Gasteiger partial charge in [-0.15, -0.1) is 68.0 Å².